The maximum absolute atomic E-state index is 12.7. The number of rotatable bonds is 3. The van der Waals surface area contributed by atoms with Gasteiger partial charge in [0.15, 0.2) is 0 Å². The molecule has 2 atom stereocenters. The number of hydrogen-bond donors (Lipinski definition) is 1. The summed E-state index contributed by atoms with van der Waals surface area (Å²) in [5.74, 6) is 1.96. The molecule has 1 aromatic carbocycles. The molecule has 1 amide bonds. The molecule has 0 radical (unpaired) electrons. The zero-order valence-corrected chi connectivity index (χ0v) is 11.9. The summed E-state index contributed by atoms with van der Waals surface area (Å²) >= 11 is 0. The molecule has 108 valence electrons. The molecule has 1 N–H and O–H groups in total. The highest BCUT2D eigenvalue weighted by Gasteiger charge is 2.40. The van der Waals surface area contributed by atoms with Gasteiger partial charge in [0.2, 0.25) is 0 Å². The molecule has 2 aliphatic rings. The maximum Gasteiger partial charge on any atom is 0.254 e. The van der Waals surface area contributed by atoms with Gasteiger partial charge in [0.1, 0.15) is 11.5 Å². The van der Waals surface area contributed by atoms with Gasteiger partial charge in [-0.1, -0.05) is 0 Å². The molecule has 20 heavy (non-hydrogen) atoms. The van der Waals surface area contributed by atoms with Crippen LogP contribution in [0.1, 0.15) is 16.8 Å². The fourth-order valence-corrected chi connectivity index (χ4v) is 3.20. The van der Waals surface area contributed by atoms with Gasteiger partial charge in [-0.3, -0.25) is 4.79 Å². The number of ether oxygens (including phenoxy) is 2. The second-order valence-electron chi connectivity index (χ2n) is 5.37. The van der Waals surface area contributed by atoms with Crippen LogP contribution in [0.4, 0.5) is 0 Å². The van der Waals surface area contributed by atoms with Crippen molar-refractivity contribution in [3.05, 3.63) is 23.8 Å². The van der Waals surface area contributed by atoms with Gasteiger partial charge in [0.05, 0.1) is 14.2 Å². The smallest absolute Gasteiger partial charge is 0.254 e. The molecule has 2 saturated heterocycles. The van der Waals surface area contributed by atoms with E-state index in [9.17, 15) is 4.79 Å². The Hall–Kier alpha value is -1.75. The van der Waals surface area contributed by atoms with E-state index in [-0.39, 0.29) is 5.91 Å². The fraction of sp³-hybridized carbons (Fsp3) is 0.533. The lowest BCUT2D eigenvalue weighted by atomic mass is 10.0. The van der Waals surface area contributed by atoms with Crippen molar-refractivity contribution in [2.75, 3.05) is 33.9 Å². The molecule has 5 nitrogen and oxygen atoms in total. The minimum Gasteiger partial charge on any atom is -0.497 e. The van der Waals surface area contributed by atoms with Crippen LogP contribution in [0.25, 0.3) is 0 Å². The number of amides is 1. The molecule has 2 aliphatic heterocycles. The predicted molar refractivity (Wildman–Crippen MR) is 75.3 cm³/mol. The van der Waals surface area contributed by atoms with E-state index in [0.29, 0.717) is 29.0 Å². The van der Waals surface area contributed by atoms with E-state index in [1.165, 1.54) is 0 Å². The van der Waals surface area contributed by atoms with Crippen molar-refractivity contribution >= 4 is 5.91 Å². The number of methoxy groups -OCH3 is 2. The summed E-state index contributed by atoms with van der Waals surface area (Å²) in [5, 5.41) is 3.36. The van der Waals surface area contributed by atoms with Crippen LogP contribution in [0.2, 0.25) is 0 Å². The number of nitrogens with zero attached hydrogens (tertiary/aromatic N) is 1. The number of benzene rings is 1. The van der Waals surface area contributed by atoms with Crippen LogP contribution in [-0.4, -0.2) is 50.7 Å². The summed E-state index contributed by atoms with van der Waals surface area (Å²) in [6, 6.07) is 5.67. The zero-order valence-electron chi connectivity index (χ0n) is 11.9. The minimum absolute atomic E-state index is 0.0680. The third-order valence-corrected chi connectivity index (χ3v) is 4.30. The molecule has 2 heterocycles. The van der Waals surface area contributed by atoms with Crippen molar-refractivity contribution in [2.45, 2.75) is 12.5 Å². The predicted octanol–water partition coefficient (Wildman–Crippen LogP) is 1.14. The topological polar surface area (TPSA) is 50.8 Å². The molecule has 0 spiro atoms. The van der Waals surface area contributed by atoms with Crippen molar-refractivity contribution in [1.82, 2.24) is 10.2 Å². The Balaban J connectivity index is 1.86. The third kappa shape index (κ3) is 2.22. The van der Waals surface area contributed by atoms with Crippen molar-refractivity contribution < 1.29 is 14.3 Å². The number of fused-ring (bicyclic) bond motifs is 1. The monoisotopic (exact) mass is 276 g/mol. The average molecular weight is 276 g/mol. The van der Waals surface area contributed by atoms with Gasteiger partial charge in [0, 0.05) is 37.3 Å². The van der Waals surface area contributed by atoms with Crippen LogP contribution in [0.15, 0.2) is 18.2 Å². The minimum atomic E-state index is 0.0680. The first-order valence-electron chi connectivity index (χ1n) is 6.97. The van der Waals surface area contributed by atoms with Crippen LogP contribution in [0.3, 0.4) is 0 Å². The summed E-state index contributed by atoms with van der Waals surface area (Å²) in [6.07, 6.45) is 1.09. The summed E-state index contributed by atoms with van der Waals surface area (Å²) < 4.78 is 10.5. The van der Waals surface area contributed by atoms with E-state index in [4.69, 9.17) is 9.47 Å². The van der Waals surface area contributed by atoms with Crippen LogP contribution in [0.5, 0.6) is 11.5 Å². The highest BCUT2D eigenvalue weighted by molar-refractivity contribution is 5.95. The van der Waals surface area contributed by atoms with Crippen LogP contribution in [0, 0.1) is 5.92 Å². The number of hydrogen-bond acceptors (Lipinski definition) is 4. The largest absolute Gasteiger partial charge is 0.497 e. The van der Waals surface area contributed by atoms with E-state index >= 15 is 0 Å². The van der Waals surface area contributed by atoms with Crippen LogP contribution >= 0.6 is 0 Å². The molecular weight excluding hydrogens is 256 g/mol. The van der Waals surface area contributed by atoms with Gasteiger partial charge < -0.3 is 19.7 Å². The Kier molecular flexibility index (Phi) is 3.53. The van der Waals surface area contributed by atoms with Crippen molar-refractivity contribution in [3.8, 4) is 11.5 Å². The number of carbonyl (C=O) groups excluding carboxylic acids is 1. The summed E-state index contributed by atoms with van der Waals surface area (Å²) in [4.78, 5) is 14.7. The Morgan fingerprint density at radius 3 is 2.55 bits per heavy atom. The molecule has 5 heteroatoms. The van der Waals surface area contributed by atoms with Crippen LogP contribution < -0.4 is 14.8 Å². The first-order chi connectivity index (χ1) is 9.72. The Morgan fingerprint density at radius 2 is 1.90 bits per heavy atom. The quantitative estimate of drug-likeness (QED) is 0.899. The van der Waals surface area contributed by atoms with E-state index < -0.39 is 0 Å². The molecule has 2 fully saturated rings. The average Bonchev–Trinajstić information content (AvgIpc) is 3.08. The Labute approximate surface area is 118 Å². The molecule has 1 aromatic rings. The van der Waals surface area contributed by atoms with E-state index in [1.54, 1.807) is 32.4 Å². The fourth-order valence-electron chi connectivity index (χ4n) is 3.20. The van der Waals surface area contributed by atoms with Gasteiger partial charge in [-0.25, -0.2) is 0 Å². The van der Waals surface area contributed by atoms with E-state index in [2.05, 4.69) is 5.32 Å². The molecule has 0 saturated carbocycles. The molecular formula is C15H20N2O3. The maximum atomic E-state index is 12.7. The van der Waals surface area contributed by atoms with Crippen LogP contribution in [-0.2, 0) is 0 Å². The lowest BCUT2D eigenvalue weighted by Crippen LogP contribution is -2.39. The molecule has 0 unspecified atom stereocenters. The summed E-state index contributed by atoms with van der Waals surface area (Å²) in [5.41, 5.74) is 0.633. The van der Waals surface area contributed by atoms with Gasteiger partial charge in [-0.2, -0.15) is 0 Å². The third-order valence-electron chi connectivity index (χ3n) is 4.30. The summed E-state index contributed by atoms with van der Waals surface area (Å²) in [6.45, 7) is 2.77. The van der Waals surface area contributed by atoms with Gasteiger partial charge in [0.25, 0.3) is 5.91 Å². The van der Waals surface area contributed by atoms with Crippen molar-refractivity contribution in [1.29, 1.82) is 0 Å². The zero-order chi connectivity index (χ0) is 14.1. The lowest BCUT2D eigenvalue weighted by Gasteiger charge is -2.23. The molecule has 0 bridgehead atoms. The number of carbonyl (C=O) groups is 1. The SMILES string of the molecule is COc1cc(OC)cc(C(=O)N2CC[C@H]3CNC[C@H]32)c1. The van der Waals surface area contributed by atoms with Crippen molar-refractivity contribution in [2.24, 2.45) is 5.92 Å². The molecule has 0 aromatic heterocycles. The Morgan fingerprint density at radius 1 is 1.20 bits per heavy atom. The van der Waals surface area contributed by atoms with E-state index in [0.717, 1.165) is 26.1 Å². The standard InChI is InChI=1S/C15H20N2O3/c1-19-12-5-11(6-13(7-12)20-2)15(18)17-4-3-10-8-16-9-14(10)17/h5-7,10,14,16H,3-4,8-9H2,1-2H3/t10-,14+/m0/s1. The van der Waals surface area contributed by atoms with Gasteiger partial charge >= 0.3 is 0 Å². The highest BCUT2D eigenvalue weighted by atomic mass is 16.5. The highest BCUT2D eigenvalue weighted by Crippen LogP contribution is 2.30. The van der Waals surface area contributed by atoms with Crippen molar-refractivity contribution in [3.63, 3.8) is 0 Å². The first kappa shape index (κ1) is 13.2. The summed E-state index contributed by atoms with van der Waals surface area (Å²) in [7, 11) is 3.19. The molecule has 3 rings (SSSR count). The molecule has 0 aliphatic carbocycles. The first-order valence-corrected chi connectivity index (χ1v) is 6.97. The number of nitrogens with one attached hydrogen (secondary N) is 1. The normalized spacial score (nSPS) is 24.6. The van der Waals surface area contributed by atoms with Gasteiger partial charge in [-0.15, -0.1) is 0 Å². The van der Waals surface area contributed by atoms with E-state index in [1.807, 2.05) is 4.90 Å². The lowest BCUT2D eigenvalue weighted by molar-refractivity contribution is 0.0736. The second kappa shape index (κ2) is 5.32. The number of likely N-dealkylation sites (tertiary alicyclic amines) is 1. The van der Waals surface area contributed by atoms with Gasteiger partial charge in [-0.05, 0) is 24.5 Å². The Bertz CT molecular complexity index is 496. The second-order valence-corrected chi connectivity index (χ2v) is 5.37.